The lowest BCUT2D eigenvalue weighted by molar-refractivity contribution is 1.28. The number of hydrogen-bond donors (Lipinski definition) is 0. The van der Waals surface area contributed by atoms with E-state index in [1.165, 1.54) is 54.9 Å². The molecule has 9 aromatic carbocycles. The molecule has 0 aliphatic rings. The van der Waals surface area contributed by atoms with E-state index in [0.29, 0.717) is 0 Å². The molecule has 1 nitrogen and oxygen atoms in total. The molecular formula is C50H34BrN. The van der Waals surface area contributed by atoms with Crippen LogP contribution in [0.4, 0.5) is 17.1 Å². The van der Waals surface area contributed by atoms with Crippen molar-refractivity contribution in [3.63, 3.8) is 0 Å². The summed E-state index contributed by atoms with van der Waals surface area (Å²) in [5.74, 6) is 0. The zero-order chi connectivity index (χ0) is 34.9. The van der Waals surface area contributed by atoms with Crippen molar-refractivity contribution < 1.29 is 0 Å². The third kappa shape index (κ3) is 6.08. The van der Waals surface area contributed by atoms with Gasteiger partial charge >= 0.3 is 0 Å². The Morgan fingerprint density at radius 3 is 1.25 bits per heavy atom. The van der Waals surface area contributed by atoms with Crippen molar-refractivity contribution in [2.45, 2.75) is 0 Å². The van der Waals surface area contributed by atoms with Crippen molar-refractivity contribution >= 4 is 54.5 Å². The molecule has 0 heterocycles. The van der Waals surface area contributed by atoms with Crippen molar-refractivity contribution in [3.05, 3.63) is 211 Å². The smallest absolute Gasteiger partial charge is 0.0468 e. The Morgan fingerprint density at radius 2 is 0.692 bits per heavy atom. The van der Waals surface area contributed by atoms with Crippen LogP contribution in [-0.4, -0.2) is 0 Å². The minimum atomic E-state index is 1.06. The Kier molecular flexibility index (Phi) is 8.44. The van der Waals surface area contributed by atoms with E-state index in [1.54, 1.807) is 0 Å². The van der Waals surface area contributed by atoms with Gasteiger partial charge in [0.15, 0.2) is 0 Å². The van der Waals surface area contributed by atoms with Gasteiger partial charge in [-0.2, -0.15) is 0 Å². The molecule has 246 valence electrons. The second kappa shape index (κ2) is 13.8. The molecule has 0 aromatic heterocycles. The van der Waals surface area contributed by atoms with Crippen LogP contribution in [-0.2, 0) is 0 Å². The van der Waals surface area contributed by atoms with E-state index >= 15 is 0 Å². The second-order valence-electron chi connectivity index (χ2n) is 13.1. The quantitative estimate of drug-likeness (QED) is 0.158. The molecule has 0 atom stereocenters. The van der Waals surface area contributed by atoms with E-state index < -0.39 is 0 Å². The van der Waals surface area contributed by atoms with Gasteiger partial charge < -0.3 is 4.90 Å². The molecule has 9 aromatic rings. The fourth-order valence-electron chi connectivity index (χ4n) is 7.33. The van der Waals surface area contributed by atoms with Gasteiger partial charge in [0.2, 0.25) is 0 Å². The molecule has 0 amide bonds. The predicted molar refractivity (Wildman–Crippen MR) is 226 cm³/mol. The number of benzene rings is 9. The maximum atomic E-state index is 3.88. The summed E-state index contributed by atoms with van der Waals surface area (Å²) in [4.78, 5) is 2.36. The second-order valence-corrected chi connectivity index (χ2v) is 13.9. The van der Waals surface area contributed by atoms with Crippen molar-refractivity contribution in [2.75, 3.05) is 4.90 Å². The highest BCUT2D eigenvalue weighted by atomic mass is 79.9. The van der Waals surface area contributed by atoms with Crippen LogP contribution in [0.1, 0.15) is 0 Å². The zero-order valence-corrected chi connectivity index (χ0v) is 30.0. The van der Waals surface area contributed by atoms with E-state index in [-0.39, 0.29) is 0 Å². The highest BCUT2D eigenvalue weighted by Crippen LogP contribution is 2.41. The highest BCUT2D eigenvalue weighted by Gasteiger charge is 2.17. The van der Waals surface area contributed by atoms with Crippen LogP contribution in [0.15, 0.2) is 211 Å². The summed E-state index contributed by atoms with van der Waals surface area (Å²) < 4.78 is 1.06. The number of halogens is 1. The third-order valence-corrected chi connectivity index (χ3v) is 10.7. The molecule has 0 N–H and O–H groups in total. The Balaban J connectivity index is 1.13. The van der Waals surface area contributed by atoms with Gasteiger partial charge in [0.25, 0.3) is 0 Å². The maximum Gasteiger partial charge on any atom is 0.0468 e. The van der Waals surface area contributed by atoms with Gasteiger partial charge in [0.05, 0.1) is 0 Å². The standard InChI is InChI=1S/C50H34BrN/c51-50-33-32-44(34-49(50)41-22-20-36(21-23-41)35-10-2-1-3-11-35)52(42-28-24-39(25-29-42)47-18-8-14-37-12-4-6-16-45(37)47)43-30-26-40(27-31-43)48-19-9-15-38-13-5-7-17-46(38)48/h1-34H. The zero-order valence-electron chi connectivity index (χ0n) is 28.5. The highest BCUT2D eigenvalue weighted by molar-refractivity contribution is 9.10. The van der Waals surface area contributed by atoms with Crippen LogP contribution in [0.3, 0.4) is 0 Å². The first-order valence-corrected chi connectivity index (χ1v) is 18.4. The molecule has 0 aliphatic carbocycles. The Labute approximate surface area is 313 Å². The number of fused-ring (bicyclic) bond motifs is 2. The lowest BCUT2D eigenvalue weighted by atomic mass is 9.97. The summed E-state index contributed by atoms with van der Waals surface area (Å²) in [5, 5.41) is 5.01. The number of anilines is 3. The summed E-state index contributed by atoms with van der Waals surface area (Å²) in [6.07, 6.45) is 0. The first-order valence-electron chi connectivity index (χ1n) is 17.6. The van der Waals surface area contributed by atoms with Gasteiger partial charge in [-0.3, -0.25) is 0 Å². The molecule has 2 heteroatoms. The van der Waals surface area contributed by atoms with Crippen LogP contribution in [0.5, 0.6) is 0 Å². The molecule has 0 unspecified atom stereocenters. The van der Waals surface area contributed by atoms with E-state index in [4.69, 9.17) is 0 Å². The fourth-order valence-corrected chi connectivity index (χ4v) is 7.80. The molecule has 0 fully saturated rings. The van der Waals surface area contributed by atoms with E-state index in [9.17, 15) is 0 Å². The van der Waals surface area contributed by atoms with Gasteiger partial charge in [0, 0.05) is 21.5 Å². The van der Waals surface area contributed by atoms with Crippen molar-refractivity contribution in [2.24, 2.45) is 0 Å². The van der Waals surface area contributed by atoms with Crippen molar-refractivity contribution in [1.29, 1.82) is 0 Å². The number of rotatable bonds is 7. The number of hydrogen-bond acceptors (Lipinski definition) is 1. The lowest BCUT2D eigenvalue weighted by Crippen LogP contribution is -2.10. The third-order valence-electron chi connectivity index (χ3n) is 9.96. The predicted octanol–water partition coefficient (Wildman–Crippen LogP) is 14.9. The summed E-state index contributed by atoms with van der Waals surface area (Å²) in [5.41, 5.74) is 12.9. The molecule has 0 radical (unpaired) electrons. The summed E-state index contributed by atoms with van der Waals surface area (Å²) in [6.45, 7) is 0. The summed E-state index contributed by atoms with van der Waals surface area (Å²) in [7, 11) is 0. The SMILES string of the molecule is Brc1ccc(N(c2ccc(-c3cccc4ccccc34)cc2)c2ccc(-c3cccc4ccccc34)cc2)cc1-c1ccc(-c2ccccc2)cc1. The fraction of sp³-hybridized carbons (Fsp3) is 0. The summed E-state index contributed by atoms with van der Waals surface area (Å²) >= 11 is 3.88. The van der Waals surface area contributed by atoms with Crippen LogP contribution in [0, 0.1) is 0 Å². The summed E-state index contributed by atoms with van der Waals surface area (Å²) in [6, 6.07) is 74.3. The molecule has 52 heavy (non-hydrogen) atoms. The molecule has 9 rings (SSSR count). The van der Waals surface area contributed by atoms with E-state index in [2.05, 4.69) is 227 Å². The van der Waals surface area contributed by atoms with E-state index in [1.807, 2.05) is 0 Å². The van der Waals surface area contributed by atoms with Crippen LogP contribution in [0.25, 0.3) is 66.1 Å². The molecule has 0 saturated carbocycles. The van der Waals surface area contributed by atoms with Gasteiger partial charge in [-0.1, -0.05) is 180 Å². The normalized spacial score (nSPS) is 11.2. The Hall–Kier alpha value is -6.22. The van der Waals surface area contributed by atoms with Gasteiger partial charge in [-0.05, 0) is 109 Å². The monoisotopic (exact) mass is 727 g/mol. The lowest BCUT2D eigenvalue weighted by Gasteiger charge is -2.27. The first kappa shape index (κ1) is 31.7. The first-order chi connectivity index (χ1) is 25.7. The van der Waals surface area contributed by atoms with Crippen molar-refractivity contribution in [1.82, 2.24) is 0 Å². The maximum absolute atomic E-state index is 3.88. The molecule has 0 saturated heterocycles. The number of nitrogens with zero attached hydrogens (tertiary/aromatic N) is 1. The molecule has 0 spiro atoms. The van der Waals surface area contributed by atoms with Crippen LogP contribution < -0.4 is 4.90 Å². The van der Waals surface area contributed by atoms with Crippen LogP contribution in [0.2, 0.25) is 0 Å². The molecule has 0 aliphatic heterocycles. The molecule has 0 bridgehead atoms. The van der Waals surface area contributed by atoms with Crippen LogP contribution >= 0.6 is 15.9 Å². The Bertz CT molecular complexity index is 2530. The van der Waals surface area contributed by atoms with E-state index in [0.717, 1.165) is 32.7 Å². The topological polar surface area (TPSA) is 3.24 Å². The van der Waals surface area contributed by atoms with Gasteiger partial charge in [-0.15, -0.1) is 0 Å². The van der Waals surface area contributed by atoms with Gasteiger partial charge in [-0.25, -0.2) is 0 Å². The minimum Gasteiger partial charge on any atom is -0.310 e. The Morgan fingerprint density at radius 1 is 0.288 bits per heavy atom. The van der Waals surface area contributed by atoms with Crippen molar-refractivity contribution in [3.8, 4) is 44.5 Å². The average Bonchev–Trinajstić information content (AvgIpc) is 3.22. The molecular weight excluding hydrogens is 694 g/mol. The van der Waals surface area contributed by atoms with Gasteiger partial charge in [0.1, 0.15) is 0 Å². The minimum absolute atomic E-state index is 1.06. The largest absolute Gasteiger partial charge is 0.310 e. The average molecular weight is 729 g/mol.